The van der Waals surface area contributed by atoms with Gasteiger partial charge in [0.2, 0.25) is 6.73 Å². The van der Waals surface area contributed by atoms with Crippen molar-refractivity contribution in [2.75, 3.05) is 50.6 Å². The Bertz CT molecular complexity index is 1740. The third-order valence-electron chi connectivity index (χ3n) is 12.3. The molecule has 3 aromatic rings. The maximum Gasteiger partial charge on any atom is 0.411 e. The van der Waals surface area contributed by atoms with Gasteiger partial charge in [0.15, 0.2) is 0 Å². The van der Waals surface area contributed by atoms with Gasteiger partial charge in [-0.05, 0) is 93.0 Å². The van der Waals surface area contributed by atoms with Crippen LogP contribution < -0.4 is 21.3 Å². The van der Waals surface area contributed by atoms with Crippen molar-refractivity contribution in [2.24, 2.45) is 11.8 Å². The molecular weight excluding hydrogens is 653 g/mol. The summed E-state index contributed by atoms with van der Waals surface area (Å²) in [6.07, 6.45) is 6.94. The van der Waals surface area contributed by atoms with Crippen LogP contribution in [-0.2, 0) is 11.3 Å². The molecule has 0 radical (unpaired) electrons. The number of hydrogen-bond donors (Lipinski definition) is 4. The highest BCUT2D eigenvalue weighted by molar-refractivity contribution is 6.04. The summed E-state index contributed by atoms with van der Waals surface area (Å²) in [5.41, 5.74) is 6.21. The van der Waals surface area contributed by atoms with E-state index in [0.29, 0.717) is 40.7 Å². The van der Waals surface area contributed by atoms with Crippen molar-refractivity contribution in [1.82, 2.24) is 25.4 Å². The van der Waals surface area contributed by atoms with Crippen molar-refractivity contribution >= 4 is 23.4 Å². The van der Waals surface area contributed by atoms with E-state index in [0.717, 1.165) is 56.1 Å². The Labute approximate surface area is 309 Å². The van der Waals surface area contributed by atoms with Gasteiger partial charge in [0.05, 0.1) is 25.7 Å². The van der Waals surface area contributed by atoms with E-state index in [9.17, 15) is 9.59 Å². The molecule has 1 aromatic heterocycles. The molecule has 11 nitrogen and oxygen atoms in total. The third kappa shape index (κ3) is 7.42. The van der Waals surface area contributed by atoms with E-state index in [1.165, 1.54) is 24.0 Å². The van der Waals surface area contributed by atoms with E-state index in [2.05, 4.69) is 94.2 Å². The average molecular weight is 710 g/mol. The molecular formula is C41H57N8O3+. The van der Waals surface area contributed by atoms with Crippen molar-refractivity contribution < 1.29 is 18.8 Å². The van der Waals surface area contributed by atoms with Crippen LogP contribution in [0.25, 0.3) is 0 Å². The van der Waals surface area contributed by atoms with Crippen LogP contribution in [0.1, 0.15) is 80.0 Å². The number of aromatic nitrogens is 1. The standard InChI is InChI=1S/C41H56N8O3/c1-7-31-24-43-39(48-37(41(48)22-35(31)41)33-9-8-17-42-23-33)46-36-21-34(15-10-28(36)4)45-38(50)32-13-11-30(12-14-32)25-47-18-16-29(5)49(6,20-19-47)26-52-40(51)44-27(2)3/h8-15,17,21,23,27,29,31,35,37,39,43,46H,7,16,18-20,22,24-26H2,1-6H3,(H-,44,45,50,51)/p+1/t29-,31-,35?,37?,39?,41-,48+,49?/m1/s1. The van der Waals surface area contributed by atoms with Gasteiger partial charge in [-0.3, -0.25) is 29.4 Å². The minimum atomic E-state index is -0.357. The lowest BCUT2D eigenvalue weighted by Crippen LogP contribution is -2.54. The molecule has 7 rings (SSSR count). The number of alkyl carbamates (subject to hydrolysis) is 1. The Kier molecular flexibility index (Phi) is 10.3. The van der Waals surface area contributed by atoms with E-state index >= 15 is 0 Å². The van der Waals surface area contributed by atoms with Crippen molar-refractivity contribution in [3.05, 3.63) is 89.2 Å². The largest absolute Gasteiger partial charge is 0.411 e. The number of likely N-dealkylation sites (N-methyl/N-ethyl adjacent to an activating group) is 1. The maximum absolute atomic E-state index is 13.4. The molecule has 3 aliphatic heterocycles. The molecule has 1 spiro atoms. The fourth-order valence-corrected chi connectivity index (χ4v) is 8.72. The van der Waals surface area contributed by atoms with Crippen molar-refractivity contribution in [1.29, 1.82) is 0 Å². The first-order chi connectivity index (χ1) is 25.0. The number of aryl methyl sites for hydroxylation is 1. The van der Waals surface area contributed by atoms with Crippen LogP contribution in [0.3, 0.4) is 0 Å². The topological polar surface area (TPSA) is 111 Å². The molecule has 3 saturated heterocycles. The zero-order valence-electron chi connectivity index (χ0n) is 31.7. The van der Waals surface area contributed by atoms with E-state index < -0.39 is 0 Å². The molecule has 0 bridgehead atoms. The van der Waals surface area contributed by atoms with Crippen LogP contribution in [0.2, 0.25) is 0 Å². The van der Waals surface area contributed by atoms with Crippen molar-refractivity contribution in [3.8, 4) is 0 Å². The van der Waals surface area contributed by atoms with Gasteiger partial charge in [-0.2, -0.15) is 0 Å². The fourth-order valence-electron chi connectivity index (χ4n) is 8.72. The molecule has 11 heteroatoms. The summed E-state index contributed by atoms with van der Waals surface area (Å²) >= 11 is 0. The number of benzene rings is 2. The van der Waals surface area contributed by atoms with Gasteiger partial charge < -0.3 is 20.7 Å². The number of pyridine rings is 1. The summed E-state index contributed by atoms with van der Waals surface area (Å²) in [6, 6.07) is 19.1. The van der Waals surface area contributed by atoms with Gasteiger partial charge in [0, 0.05) is 73.5 Å². The SMILES string of the molecule is CC[C@@H]1CNC(Nc2cc(NC(=O)c3ccc(CN4CC[C@@H](C)[N+](C)(COC(=O)NC(C)C)CC4)cc3)ccc2C)[N@]2C(c3cccnc3)[C@]23CC13. The van der Waals surface area contributed by atoms with Crippen LogP contribution in [0.15, 0.2) is 67.0 Å². The predicted octanol–water partition coefficient (Wildman–Crippen LogP) is 5.92. The molecule has 2 amide bonds. The first-order valence-electron chi connectivity index (χ1n) is 19.2. The number of carbonyl (C=O) groups is 2. The Hall–Kier alpha value is -4.03. The van der Waals surface area contributed by atoms with Crippen molar-refractivity contribution in [3.63, 3.8) is 0 Å². The number of rotatable bonds is 11. The summed E-state index contributed by atoms with van der Waals surface area (Å²) in [6.45, 7) is 15.4. The highest BCUT2D eigenvalue weighted by Crippen LogP contribution is 2.75. The van der Waals surface area contributed by atoms with E-state index in [1.807, 2.05) is 50.5 Å². The Morgan fingerprint density at radius 3 is 2.67 bits per heavy atom. The van der Waals surface area contributed by atoms with Gasteiger partial charge >= 0.3 is 6.09 Å². The molecule has 2 aromatic carbocycles. The summed E-state index contributed by atoms with van der Waals surface area (Å²) in [4.78, 5) is 35.1. The first-order valence-corrected chi connectivity index (χ1v) is 19.2. The number of ether oxygens (including phenoxy) is 1. The number of anilines is 2. The molecule has 4 N–H and O–H groups in total. The third-order valence-corrected chi connectivity index (χ3v) is 12.3. The summed E-state index contributed by atoms with van der Waals surface area (Å²) < 4.78 is 6.29. The molecule has 8 atom stereocenters. The summed E-state index contributed by atoms with van der Waals surface area (Å²) in [7, 11) is 2.18. The molecule has 4 aliphatic rings. The number of carbonyl (C=O) groups excluding carboxylic acids is 2. The van der Waals surface area contributed by atoms with Gasteiger partial charge in [-0.25, -0.2) is 4.79 Å². The lowest BCUT2D eigenvalue weighted by molar-refractivity contribution is -0.945. The number of amides is 2. The number of nitrogens with one attached hydrogen (secondary N) is 4. The molecule has 52 heavy (non-hydrogen) atoms. The summed E-state index contributed by atoms with van der Waals surface area (Å²) in [5, 5.41) is 13.6. The zero-order valence-corrected chi connectivity index (χ0v) is 31.7. The Morgan fingerprint density at radius 2 is 1.94 bits per heavy atom. The molecule has 4 unspecified atom stereocenters. The van der Waals surface area contributed by atoms with Gasteiger partial charge in [-0.15, -0.1) is 0 Å². The molecule has 4 fully saturated rings. The first kappa shape index (κ1) is 36.3. The second-order valence-electron chi connectivity index (χ2n) is 16.2. The highest BCUT2D eigenvalue weighted by atomic mass is 16.6. The highest BCUT2D eigenvalue weighted by Gasteiger charge is 2.80. The second kappa shape index (κ2) is 14.8. The number of nitrogens with zero attached hydrogens (tertiary/aromatic N) is 4. The average Bonchev–Trinajstić information content (AvgIpc) is 4.04. The Balaban J connectivity index is 0.954. The zero-order chi connectivity index (χ0) is 36.6. The number of hydrogen-bond acceptors (Lipinski definition) is 8. The minimum absolute atomic E-state index is 0.00592. The van der Waals surface area contributed by atoms with Gasteiger partial charge in [0.25, 0.3) is 5.91 Å². The monoisotopic (exact) mass is 709 g/mol. The minimum Gasteiger partial charge on any atom is -0.399 e. The lowest BCUT2D eigenvalue weighted by atomic mass is 9.97. The van der Waals surface area contributed by atoms with E-state index in [-0.39, 0.29) is 29.9 Å². The Morgan fingerprint density at radius 1 is 1.13 bits per heavy atom. The molecule has 4 heterocycles. The normalized spacial score (nSPS) is 31.0. The van der Waals surface area contributed by atoms with Crippen LogP contribution in [-0.4, -0.2) is 95.1 Å². The smallest absolute Gasteiger partial charge is 0.399 e. The summed E-state index contributed by atoms with van der Waals surface area (Å²) in [5.74, 6) is 1.24. The quantitative estimate of drug-likeness (QED) is 0.144. The van der Waals surface area contributed by atoms with Gasteiger partial charge in [0.1, 0.15) is 6.29 Å². The van der Waals surface area contributed by atoms with Gasteiger partial charge in [-0.1, -0.05) is 37.6 Å². The fraction of sp³-hybridized carbons (Fsp3) is 0.537. The van der Waals surface area contributed by atoms with Crippen LogP contribution in [0.5, 0.6) is 0 Å². The lowest BCUT2D eigenvalue weighted by Gasteiger charge is -2.37. The van der Waals surface area contributed by atoms with E-state index in [1.54, 1.807) is 0 Å². The molecule has 1 aliphatic carbocycles. The van der Waals surface area contributed by atoms with Crippen LogP contribution >= 0.6 is 0 Å². The van der Waals surface area contributed by atoms with Crippen LogP contribution in [0, 0.1) is 18.8 Å². The molecule has 1 saturated carbocycles. The second-order valence-corrected chi connectivity index (χ2v) is 16.2. The van der Waals surface area contributed by atoms with Crippen LogP contribution in [0.4, 0.5) is 16.2 Å². The number of quaternary nitrogens is 1. The molecule has 278 valence electrons. The maximum atomic E-state index is 13.4. The van der Waals surface area contributed by atoms with Crippen molar-refractivity contribution in [2.45, 2.75) is 90.4 Å². The predicted molar refractivity (Wildman–Crippen MR) is 204 cm³/mol. The van der Waals surface area contributed by atoms with E-state index in [4.69, 9.17) is 4.74 Å².